The summed E-state index contributed by atoms with van der Waals surface area (Å²) in [6.45, 7) is 3.55. The summed E-state index contributed by atoms with van der Waals surface area (Å²) < 4.78 is 0. The van der Waals surface area contributed by atoms with Gasteiger partial charge < -0.3 is 10.2 Å². The molecule has 4 nitrogen and oxygen atoms in total. The second-order valence-corrected chi connectivity index (χ2v) is 4.26. The van der Waals surface area contributed by atoms with Crippen molar-refractivity contribution in [2.45, 2.75) is 13.8 Å². The van der Waals surface area contributed by atoms with Crippen molar-refractivity contribution in [1.29, 1.82) is 0 Å². The van der Waals surface area contributed by atoms with Crippen molar-refractivity contribution < 1.29 is 19.8 Å². The van der Waals surface area contributed by atoms with Crippen LogP contribution in [0.15, 0.2) is 24.3 Å². The highest BCUT2D eigenvalue weighted by Gasteiger charge is 2.17. The van der Waals surface area contributed by atoms with E-state index in [1.54, 1.807) is 19.1 Å². The van der Waals surface area contributed by atoms with Gasteiger partial charge in [-0.15, -0.1) is 0 Å². The highest BCUT2D eigenvalue weighted by atomic mass is 16.4. The van der Waals surface area contributed by atoms with E-state index in [1.807, 2.05) is 13.0 Å². The number of carbonyl (C=O) groups is 2. The van der Waals surface area contributed by atoms with Crippen molar-refractivity contribution in [3.05, 3.63) is 46.5 Å². The van der Waals surface area contributed by atoms with Crippen LogP contribution in [-0.4, -0.2) is 22.2 Å². The zero-order valence-corrected chi connectivity index (χ0v) is 10.0. The molecular weight excluding hydrogens is 232 g/mol. The Kier molecular flexibility index (Phi) is 2.79. The Labute approximate surface area is 103 Å². The Morgan fingerprint density at radius 1 is 0.889 bits per heavy atom. The summed E-state index contributed by atoms with van der Waals surface area (Å²) in [7, 11) is 0. The number of hydrogen-bond donors (Lipinski definition) is 2. The number of hydrogen-bond acceptors (Lipinski definition) is 2. The van der Waals surface area contributed by atoms with Crippen molar-refractivity contribution in [2.75, 3.05) is 0 Å². The molecule has 0 aliphatic rings. The first kappa shape index (κ1) is 12.1. The molecule has 0 bridgehead atoms. The zero-order valence-electron chi connectivity index (χ0n) is 10.0. The second kappa shape index (κ2) is 4.14. The lowest BCUT2D eigenvalue weighted by molar-refractivity contribution is 0.0695. The third-order valence-corrected chi connectivity index (χ3v) is 3.02. The summed E-state index contributed by atoms with van der Waals surface area (Å²) >= 11 is 0. The Morgan fingerprint density at radius 2 is 1.50 bits per heavy atom. The zero-order chi connectivity index (χ0) is 13.4. The highest BCUT2D eigenvalue weighted by Crippen LogP contribution is 2.27. The van der Waals surface area contributed by atoms with Gasteiger partial charge in [0, 0.05) is 0 Å². The van der Waals surface area contributed by atoms with E-state index in [-0.39, 0.29) is 11.1 Å². The van der Waals surface area contributed by atoms with Gasteiger partial charge in [-0.05, 0) is 36.2 Å². The van der Waals surface area contributed by atoms with Crippen molar-refractivity contribution in [3.63, 3.8) is 0 Å². The summed E-state index contributed by atoms with van der Waals surface area (Å²) in [6, 6.07) is 6.59. The normalized spacial score (nSPS) is 10.6. The topological polar surface area (TPSA) is 74.6 Å². The first-order chi connectivity index (χ1) is 8.41. The van der Waals surface area contributed by atoms with Gasteiger partial charge in [0.15, 0.2) is 0 Å². The number of rotatable bonds is 2. The minimum Gasteiger partial charge on any atom is -0.478 e. The predicted octanol–water partition coefficient (Wildman–Crippen LogP) is 2.85. The SMILES string of the molecule is Cc1ccc2c(C)c(C(=O)O)cc(C(=O)O)c2c1. The number of carboxylic acids is 2. The average Bonchev–Trinajstić information content (AvgIpc) is 2.28. The van der Waals surface area contributed by atoms with Crippen molar-refractivity contribution in [1.82, 2.24) is 0 Å². The lowest BCUT2D eigenvalue weighted by Crippen LogP contribution is -2.06. The fraction of sp³-hybridized carbons (Fsp3) is 0.143. The van der Waals surface area contributed by atoms with Gasteiger partial charge in [0.1, 0.15) is 0 Å². The van der Waals surface area contributed by atoms with Crippen molar-refractivity contribution in [3.8, 4) is 0 Å². The molecule has 0 atom stereocenters. The lowest BCUT2D eigenvalue weighted by atomic mass is 9.94. The molecule has 0 unspecified atom stereocenters. The van der Waals surface area contributed by atoms with Gasteiger partial charge in [0.25, 0.3) is 0 Å². The van der Waals surface area contributed by atoms with E-state index in [0.717, 1.165) is 5.56 Å². The molecule has 2 rings (SSSR count). The molecule has 0 radical (unpaired) electrons. The fourth-order valence-corrected chi connectivity index (χ4v) is 2.08. The molecule has 92 valence electrons. The van der Waals surface area contributed by atoms with E-state index in [2.05, 4.69) is 0 Å². The Hall–Kier alpha value is -2.36. The number of aryl methyl sites for hydroxylation is 2. The molecule has 0 aromatic heterocycles. The van der Waals surface area contributed by atoms with Crippen LogP contribution in [0.4, 0.5) is 0 Å². The molecule has 2 aromatic rings. The molecular formula is C14H12O4. The van der Waals surface area contributed by atoms with Gasteiger partial charge >= 0.3 is 11.9 Å². The summed E-state index contributed by atoms with van der Waals surface area (Å²) in [5.74, 6) is -2.23. The molecule has 0 aliphatic carbocycles. The Balaban J connectivity index is 2.96. The molecule has 0 heterocycles. The average molecular weight is 244 g/mol. The van der Waals surface area contributed by atoms with Crippen LogP contribution in [0.25, 0.3) is 10.8 Å². The second-order valence-electron chi connectivity index (χ2n) is 4.26. The monoisotopic (exact) mass is 244 g/mol. The number of aromatic carboxylic acids is 2. The van der Waals surface area contributed by atoms with Crippen LogP contribution in [0.1, 0.15) is 31.8 Å². The molecule has 18 heavy (non-hydrogen) atoms. The molecule has 0 saturated heterocycles. The van der Waals surface area contributed by atoms with Crippen LogP contribution in [0, 0.1) is 13.8 Å². The number of benzene rings is 2. The molecule has 4 heteroatoms. The third-order valence-electron chi connectivity index (χ3n) is 3.02. The maximum Gasteiger partial charge on any atom is 0.336 e. The Bertz CT molecular complexity index is 671. The first-order valence-corrected chi connectivity index (χ1v) is 5.42. The van der Waals surface area contributed by atoms with Crippen LogP contribution in [-0.2, 0) is 0 Å². The third kappa shape index (κ3) is 1.82. The summed E-state index contributed by atoms with van der Waals surface area (Å²) in [5, 5.41) is 19.5. The van der Waals surface area contributed by atoms with E-state index in [1.165, 1.54) is 6.07 Å². The fourth-order valence-electron chi connectivity index (χ4n) is 2.08. The van der Waals surface area contributed by atoms with Crippen molar-refractivity contribution in [2.24, 2.45) is 0 Å². The molecule has 0 aliphatic heterocycles. The van der Waals surface area contributed by atoms with Crippen LogP contribution in [0.5, 0.6) is 0 Å². The lowest BCUT2D eigenvalue weighted by Gasteiger charge is -2.10. The smallest absolute Gasteiger partial charge is 0.336 e. The molecule has 0 saturated carbocycles. The summed E-state index contributed by atoms with van der Waals surface area (Å²) in [5.41, 5.74) is 1.58. The number of carboxylic acid groups (broad SMARTS) is 2. The van der Waals surface area contributed by atoms with Crippen LogP contribution < -0.4 is 0 Å². The van der Waals surface area contributed by atoms with E-state index in [0.29, 0.717) is 16.3 Å². The standard InChI is InChI=1S/C14H12O4/c1-7-3-4-9-8(2)10(13(15)16)6-12(14(17)18)11(9)5-7/h3-6H,1-2H3,(H,15,16)(H,17,18). The van der Waals surface area contributed by atoms with E-state index >= 15 is 0 Å². The van der Waals surface area contributed by atoms with Crippen LogP contribution in [0.2, 0.25) is 0 Å². The minimum absolute atomic E-state index is 0.0247. The largest absolute Gasteiger partial charge is 0.478 e. The summed E-state index contributed by atoms with van der Waals surface area (Å²) in [4.78, 5) is 22.3. The predicted molar refractivity (Wildman–Crippen MR) is 67.3 cm³/mol. The highest BCUT2D eigenvalue weighted by molar-refractivity contribution is 6.09. The number of fused-ring (bicyclic) bond motifs is 1. The molecule has 2 N–H and O–H groups in total. The van der Waals surface area contributed by atoms with Gasteiger partial charge in [-0.1, -0.05) is 23.8 Å². The minimum atomic E-state index is -1.12. The molecule has 0 amide bonds. The van der Waals surface area contributed by atoms with Gasteiger partial charge in [-0.3, -0.25) is 0 Å². The van der Waals surface area contributed by atoms with Crippen LogP contribution in [0.3, 0.4) is 0 Å². The van der Waals surface area contributed by atoms with E-state index < -0.39 is 11.9 Å². The van der Waals surface area contributed by atoms with E-state index in [9.17, 15) is 14.7 Å². The van der Waals surface area contributed by atoms with Gasteiger partial charge in [0.05, 0.1) is 11.1 Å². The Morgan fingerprint density at radius 3 is 2.06 bits per heavy atom. The van der Waals surface area contributed by atoms with E-state index in [4.69, 9.17) is 5.11 Å². The van der Waals surface area contributed by atoms with Crippen LogP contribution >= 0.6 is 0 Å². The van der Waals surface area contributed by atoms with Gasteiger partial charge in [-0.2, -0.15) is 0 Å². The van der Waals surface area contributed by atoms with Gasteiger partial charge in [-0.25, -0.2) is 9.59 Å². The maximum absolute atomic E-state index is 11.2. The molecule has 0 fully saturated rings. The molecule has 2 aromatic carbocycles. The quantitative estimate of drug-likeness (QED) is 0.851. The maximum atomic E-state index is 11.2. The van der Waals surface area contributed by atoms with Gasteiger partial charge in [0.2, 0.25) is 0 Å². The van der Waals surface area contributed by atoms with Crippen molar-refractivity contribution >= 4 is 22.7 Å². The first-order valence-electron chi connectivity index (χ1n) is 5.42. The molecule has 0 spiro atoms. The summed E-state index contributed by atoms with van der Waals surface area (Å²) in [6.07, 6.45) is 0.